The van der Waals surface area contributed by atoms with Crippen LogP contribution in [-0.4, -0.2) is 37.3 Å². The number of nitrogens with zero attached hydrogens (tertiary/aromatic N) is 1. The van der Waals surface area contributed by atoms with Crippen molar-refractivity contribution in [1.29, 1.82) is 0 Å². The molecule has 0 aliphatic carbocycles. The number of H-pyrrole nitrogens is 1. The molecule has 21 heavy (non-hydrogen) atoms. The highest BCUT2D eigenvalue weighted by Crippen LogP contribution is 2.18. The van der Waals surface area contributed by atoms with Gasteiger partial charge in [-0.1, -0.05) is 24.6 Å². The fraction of sp³-hybridized carbons (Fsp3) is 0.467. The Bertz CT molecular complexity index is 703. The lowest BCUT2D eigenvalue weighted by atomic mass is 10.1. The van der Waals surface area contributed by atoms with Crippen LogP contribution in [0.2, 0.25) is 0 Å². The van der Waals surface area contributed by atoms with Gasteiger partial charge in [-0.05, 0) is 30.9 Å². The Morgan fingerprint density at radius 1 is 1.14 bits per heavy atom. The minimum atomic E-state index is -3.32. The molecule has 1 fully saturated rings. The van der Waals surface area contributed by atoms with Crippen LogP contribution >= 0.6 is 0 Å². The Morgan fingerprint density at radius 2 is 1.90 bits per heavy atom. The van der Waals surface area contributed by atoms with E-state index in [0.717, 1.165) is 35.7 Å². The number of fused-ring (bicyclic) bond motifs is 1. The van der Waals surface area contributed by atoms with Crippen molar-refractivity contribution in [1.82, 2.24) is 14.0 Å². The van der Waals surface area contributed by atoms with Crippen LogP contribution in [-0.2, 0) is 16.6 Å². The van der Waals surface area contributed by atoms with Gasteiger partial charge in [0.05, 0.1) is 0 Å². The Morgan fingerprint density at radius 3 is 2.71 bits per heavy atom. The van der Waals surface area contributed by atoms with E-state index in [1.165, 1.54) is 0 Å². The van der Waals surface area contributed by atoms with Crippen LogP contribution in [0.4, 0.5) is 0 Å². The minimum absolute atomic E-state index is 0.431. The lowest BCUT2D eigenvalue weighted by molar-refractivity contribution is 0.342. The predicted molar refractivity (Wildman–Crippen MR) is 84.3 cm³/mol. The lowest BCUT2D eigenvalue weighted by Crippen LogP contribution is -2.43. The highest BCUT2D eigenvalue weighted by molar-refractivity contribution is 7.87. The summed E-state index contributed by atoms with van der Waals surface area (Å²) >= 11 is 0. The van der Waals surface area contributed by atoms with Crippen molar-refractivity contribution in [3.05, 3.63) is 36.0 Å². The van der Waals surface area contributed by atoms with Gasteiger partial charge in [-0.2, -0.15) is 12.7 Å². The van der Waals surface area contributed by atoms with Crippen molar-refractivity contribution in [2.45, 2.75) is 25.7 Å². The molecule has 1 aromatic carbocycles. The Labute approximate surface area is 125 Å². The number of aromatic nitrogens is 1. The summed E-state index contributed by atoms with van der Waals surface area (Å²) in [5, 5.41) is 1.16. The number of piperidine rings is 1. The predicted octanol–water partition coefficient (Wildman–Crippen LogP) is 2.03. The van der Waals surface area contributed by atoms with Crippen molar-refractivity contribution >= 4 is 21.1 Å². The van der Waals surface area contributed by atoms with Crippen LogP contribution in [0.5, 0.6) is 0 Å². The molecule has 0 saturated carbocycles. The molecule has 1 aliphatic heterocycles. The van der Waals surface area contributed by atoms with Crippen molar-refractivity contribution in [2.24, 2.45) is 0 Å². The van der Waals surface area contributed by atoms with Gasteiger partial charge in [0.25, 0.3) is 10.2 Å². The number of aromatic amines is 1. The number of hydrogen-bond acceptors (Lipinski definition) is 2. The molecular formula is C15H21N3O2S. The average molecular weight is 307 g/mol. The largest absolute Gasteiger partial charge is 0.361 e. The quantitative estimate of drug-likeness (QED) is 0.887. The molecule has 0 amide bonds. The summed E-state index contributed by atoms with van der Waals surface area (Å²) in [5.74, 6) is 0. The van der Waals surface area contributed by atoms with E-state index in [1.807, 2.05) is 24.4 Å². The number of benzene rings is 1. The van der Waals surface area contributed by atoms with Crippen LogP contribution in [0.15, 0.2) is 30.5 Å². The van der Waals surface area contributed by atoms with Gasteiger partial charge < -0.3 is 4.98 Å². The van der Waals surface area contributed by atoms with Crippen LogP contribution in [0.25, 0.3) is 10.9 Å². The molecule has 5 nitrogen and oxygen atoms in total. The molecule has 0 spiro atoms. The second-order valence-corrected chi connectivity index (χ2v) is 7.22. The van der Waals surface area contributed by atoms with Crippen LogP contribution in [0, 0.1) is 0 Å². The van der Waals surface area contributed by atoms with E-state index in [9.17, 15) is 8.42 Å². The normalized spacial score (nSPS) is 17.3. The van der Waals surface area contributed by atoms with Crippen molar-refractivity contribution < 1.29 is 8.42 Å². The van der Waals surface area contributed by atoms with Crippen LogP contribution in [0.3, 0.4) is 0 Å². The van der Waals surface area contributed by atoms with Crippen molar-refractivity contribution in [3.8, 4) is 0 Å². The van der Waals surface area contributed by atoms with E-state index < -0.39 is 10.2 Å². The molecule has 0 atom stereocenters. The monoisotopic (exact) mass is 307 g/mol. The third kappa shape index (κ3) is 3.28. The van der Waals surface area contributed by atoms with E-state index in [4.69, 9.17) is 0 Å². The zero-order valence-corrected chi connectivity index (χ0v) is 12.8. The first-order chi connectivity index (χ1) is 10.2. The van der Waals surface area contributed by atoms with E-state index in [-0.39, 0.29) is 0 Å². The van der Waals surface area contributed by atoms with Crippen molar-refractivity contribution in [3.63, 3.8) is 0 Å². The third-order valence-electron chi connectivity index (χ3n) is 4.01. The highest BCUT2D eigenvalue weighted by Gasteiger charge is 2.23. The highest BCUT2D eigenvalue weighted by atomic mass is 32.2. The summed E-state index contributed by atoms with van der Waals surface area (Å²) in [6.45, 7) is 1.71. The molecule has 2 heterocycles. The Hall–Kier alpha value is -1.37. The maximum absolute atomic E-state index is 12.2. The zero-order valence-electron chi connectivity index (χ0n) is 12.0. The van der Waals surface area contributed by atoms with Crippen LogP contribution < -0.4 is 4.72 Å². The fourth-order valence-corrected chi connectivity index (χ4v) is 4.13. The van der Waals surface area contributed by atoms with Gasteiger partial charge in [0.15, 0.2) is 0 Å². The Kier molecular flexibility index (Phi) is 4.28. The second-order valence-electron chi connectivity index (χ2n) is 5.47. The number of nitrogens with one attached hydrogen (secondary N) is 2. The smallest absolute Gasteiger partial charge is 0.279 e. The van der Waals surface area contributed by atoms with Crippen molar-refractivity contribution in [2.75, 3.05) is 19.6 Å². The first-order valence-corrected chi connectivity index (χ1v) is 8.90. The van der Waals surface area contributed by atoms with Gasteiger partial charge in [-0.25, -0.2) is 4.72 Å². The van der Waals surface area contributed by atoms with E-state index in [1.54, 1.807) is 4.31 Å². The Balaban J connectivity index is 1.60. The van der Waals surface area contributed by atoms with E-state index in [0.29, 0.717) is 26.1 Å². The first kappa shape index (κ1) is 14.6. The molecule has 2 aromatic rings. The topological polar surface area (TPSA) is 65.2 Å². The molecule has 3 rings (SSSR count). The number of rotatable bonds is 5. The standard InChI is InChI=1S/C15H21N3O2S/c19-21(20,18-10-4-1-5-11-18)17-9-8-13-12-16-15-7-3-2-6-14(13)15/h2-3,6-7,12,16-17H,1,4-5,8-11H2. The van der Waals surface area contributed by atoms with Gasteiger partial charge in [-0.3, -0.25) is 0 Å². The molecule has 114 valence electrons. The van der Waals surface area contributed by atoms with Gasteiger partial charge in [0.2, 0.25) is 0 Å². The summed E-state index contributed by atoms with van der Waals surface area (Å²) in [6, 6.07) is 8.07. The molecular weight excluding hydrogens is 286 g/mol. The molecule has 1 aromatic heterocycles. The van der Waals surface area contributed by atoms with E-state index in [2.05, 4.69) is 15.8 Å². The summed E-state index contributed by atoms with van der Waals surface area (Å²) in [4.78, 5) is 3.21. The third-order valence-corrected chi connectivity index (χ3v) is 5.62. The fourth-order valence-electron chi connectivity index (χ4n) is 2.85. The summed E-state index contributed by atoms with van der Waals surface area (Å²) in [6.07, 6.45) is 5.70. The number of hydrogen-bond donors (Lipinski definition) is 2. The van der Waals surface area contributed by atoms with Gasteiger partial charge in [0, 0.05) is 36.7 Å². The first-order valence-electron chi connectivity index (χ1n) is 7.46. The second kappa shape index (κ2) is 6.17. The number of para-hydroxylation sites is 1. The van der Waals surface area contributed by atoms with Gasteiger partial charge in [-0.15, -0.1) is 0 Å². The molecule has 0 radical (unpaired) electrons. The summed E-state index contributed by atoms with van der Waals surface area (Å²) < 4.78 is 28.6. The lowest BCUT2D eigenvalue weighted by Gasteiger charge is -2.25. The molecule has 1 saturated heterocycles. The molecule has 1 aliphatic rings. The van der Waals surface area contributed by atoms with Gasteiger partial charge in [0.1, 0.15) is 0 Å². The SMILES string of the molecule is O=S(=O)(NCCc1c[nH]c2ccccc12)N1CCCCC1. The maximum atomic E-state index is 12.2. The molecule has 0 bridgehead atoms. The minimum Gasteiger partial charge on any atom is -0.361 e. The molecule has 0 unspecified atom stereocenters. The molecule has 2 N–H and O–H groups in total. The van der Waals surface area contributed by atoms with Gasteiger partial charge >= 0.3 is 0 Å². The summed E-state index contributed by atoms with van der Waals surface area (Å²) in [5.41, 5.74) is 2.23. The summed E-state index contributed by atoms with van der Waals surface area (Å²) in [7, 11) is -3.32. The van der Waals surface area contributed by atoms with E-state index >= 15 is 0 Å². The zero-order chi connectivity index (χ0) is 14.7. The maximum Gasteiger partial charge on any atom is 0.279 e. The average Bonchev–Trinajstić information content (AvgIpc) is 2.92. The molecule has 6 heteroatoms. The van der Waals surface area contributed by atoms with Crippen LogP contribution in [0.1, 0.15) is 24.8 Å².